The topological polar surface area (TPSA) is 146 Å². The third-order valence-corrected chi connectivity index (χ3v) is 4.44. The lowest BCUT2D eigenvalue weighted by molar-refractivity contribution is -0.325. The molecule has 1 saturated heterocycles. The summed E-state index contributed by atoms with van der Waals surface area (Å²) in [5.74, 6) is -3.84. The highest BCUT2D eigenvalue weighted by atomic mass is 16.7. The van der Waals surface area contributed by atoms with Crippen LogP contribution in [0.4, 0.5) is 0 Å². The molecule has 1 aromatic carbocycles. The van der Waals surface area contributed by atoms with E-state index in [4.69, 9.17) is 14.6 Å². The zero-order valence-corrected chi connectivity index (χ0v) is 15.1. The number of benzene rings is 1. The van der Waals surface area contributed by atoms with E-state index in [1.165, 1.54) is 13.8 Å². The molecule has 1 aromatic rings. The molecule has 0 aliphatic carbocycles. The number of aliphatic hydroxyl groups is 3. The molecule has 1 aliphatic heterocycles. The van der Waals surface area contributed by atoms with Crippen LogP contribution in [0.5, 0.6) is 0 Å². The minimum absolute atomic E-state index is 0.0800. The molecule has 0 radical (unpaired) electrons. The molecule has 5 N–H and O–H groups in total. The van der Waals surface area contributed by atoms with Gasteiger partial charge in [-0.1, -0.05) is 30.3 Å². The van der Waals surface area contributed by atoms with Crippen LogP contribution < -0.4 is 5.32 Å². The molecule has 6 atom stereocenters. The van der Waals surface area contributed by atoms with Crippen LogP contribution >= 0.6 is 0 Å². The standard InChI is InChI=1S/C18H25NO8/c1-10(17(23)24)26-15-14(22)13(9-20)27-18(25,16(15)19-11(2)21)8-12-6-4-3-5-7-12/h3-7,10,13-16,20,22,25H,8-9H2,1-2H3,(H,19,21)(H,23,24)/t10?,13-,14-,15+,16-,18+/m1/s1. The molecule has 1 heterocycles. The van der Waals surface area contributed by atoms with Gasteiger partial charge in [0, 0.05) is 13.3 Å². The minimum atomic E-state index is -2.04. The molecule has 9 nitrogen and oxygen atoms in total. The molecular formula is C18H25NO8. The molecule has 9 heteroatoms. The molecule has 0 spiro atoms. The Labute approximate surface area is 156 Å². The van der Waals surface area contributed by atoms with Crippen LogP contribution in [0.1, 0.15) is 19.4 Å². The highest BCUT2D eigenvalue weighted by molar-refractivity contribution is 5.73. The van der Waals surface area contributed by atoms with Crippen molar-refractivity contribution < 1.29 is 39.5 Å². The van der Waals surface area contributed by atoms with Crippen LogP contribution in [-0.2, 0) is 25.5 Å². The van der Waals surface area contributed by atoms with Gasteiger partial charge in [-0.3, -0.25) is 4.79 Å². The Morgan fingerprint density at radius 3 is 2.48 bits per heavy atom. The average molecular weight is 383 g/mol. The maximum absolute atomic E-state index is 11.7. The van der Waals surface area contributed by atoms with E-state index in [9.17, 15) is 24.9 Å². The molecular weight excluding hydrogens is 358 g/mol. The third kappa shape index (κ3) is 5.02. The number of carbonyl (C=O) groups is 2. The van der Waals surface area contributed by atoms with Crippen molar-refractivity contribution in [3.8, 4) is 0 Å². The van der Waals surface area contributed by atoms with Gasteiger partial charge in [0.2, 0.25) is 5.91 Å². The summed E-state index contributed by atoms with van der Waals surface area (Å²) in [6.45, 7) is 1.84. The smallest absolute Gasteiger partial charge is 0.332 e. The van der Waals surface area contributed by atoms with Crippen LogP contribution in [-0.4, -0.2) is 75.2 Å². The number of hydrogen-bond acceptors (Lipinski definition) is 7. The second-order valence-electron chi connectivity index (χ2n) is 6.60. The molecule has 1 amide bonds. The lowest BCUT2D eigenvalue weighted by Gasteiger charge is -2.49. The molecule has 150 valence electrons. The SMILES string of the molecule is CC(=O)N[C@@H]1[C@@H](OC(C)C(=O)O)[C@H](O)[C@@H](CO)O[C@@]1(O)Cc1ccccc1. The number of carbonyl (C=O) groups excluding carboxylic acids is 1. The van der Waals surface area contributed by atoms with Crippen molar-refractivity contribution in [3.05, 3.63) is 35.9 Å². The van der Waals surface area contributed by atoms with Gasteiger partial charge in [-0.05, 0) is 12.5 Å². The average Bonchev–Trinajstić information content (AvgIpc) is 2.61. The Kier molecular flexibility index (Phi) is 6.90. The van der Waals surface area contributed by atoms with Gasteiger partial charge < -0.3 is 35.2 Å². The summed E-state index contributed by atoms with van der Waals surface area (Å²) in [5.41, 5.74) is 0.675. The molecule has 1 aliphatic rings. The Balaban J connectivity index is 2.41. The number of carboxylic acid groups (broad SMARTS) is 1. The highest BCUT2D eigenvalue weighted by Crippen LogP contribution is 2.33. The first kappa shape index (κ1) is 21.3. The fourth-order valence-electron chi connectivity index (χ4n) is 3.12. The summed E-state index contributed by atoms with van der Waals surface area (Å²) in [4.78, 5) is 22.9. The monoisotopic (exact) mass is 383 g/mol. The summed E-state index contributed by atoms with van der Waals surface area (Å²) in [6, 6.07) is 7.51. The van der Waals surface area contributed by atoms with Gasteiger partial charge >= 0.3 is 5.97 Å². The van der Waals surface area contributed by atoms with E-state index in [-0.39, 0.29) is 6.42 Å². The van der Waals surface area contributed by atoms with Crippen LogP contribution in [0.25, 0.3) is 0 Å². The van der Waals surface area contributed by atoms with Gasteiger partial charge in [0.1, 0.15) is 24.4 Å². The molecule has 2 rings (SSSR count). The lowest BCUT2D eigenvalue weighted by Crippen LogP contribution is -2.71. The van der Waals surface area contributed by atoms with Crippen molar-refractivity contribution >= 4 is 11.9 Å². The zero-order chi connectivity index (χ0) is 20.2. The van der Waals surface area contributed by atoms with Crippen molar-refractivity contribution in [2.45, 2.75) is 56.5 Å². The fraction of sp³-hybridized carbons (Fsp3) is 0.556. The number of nitrogens with one attached hydrogen (secondary N) is 1. The summed E-state index contributed by atoms with van der Waals surface area (Å²) in [6.07, 6.45) is -5.41. The first-order chi connectivity index (χ1) is 12.7. The highest BCUT2D eigenvalue weighted by Gasteiger charge is 2.55. The summed E-state index contributed by atoms with van der Waals surface area (Å²) < 4.78 is 11.0. The van der Waals surface area contributed by atoms with Crippen molar-refractivity contribution in [1.29, 1.82) is 0 Å². The van der Waals surface area contributed by atoms with Crippen molar-refractivity contribution in [2.24, 2.45) is 0 Å². The Morgan fingerprint density at radius 1 is 1.33 bits per heavy atom. The van der Waals surface area contributed by atoms with Gasteiger partial charge in [-0.15, -0.1) is 0 Å². The number of ether oxygens (including phenoxy) is 2. The maximum atomic E-state index is 11.7. The van der Waals surface area contributed by atoms with Gasteiger partial charge in [0.25, 0.3) is 0 Å². The molecule has 1 fully saturated rings. The number of carboxylic acids is 1. The van der Waals surface area contributed by atoms with Crippen molar-refractivity contribution in [2.75, 3.05) is 6.61 Å². The number of aliphatic hydroxyl groups excluding tert-OH is 2. The normalized spacial score (nSPS) is 31.9. The summed E-state index contributed by atoms with van der Waals surface area (Å²) in [7, 11) is 0. The third-order valence-electron chi connectivity index (χ3n) is 4.44. The molecule has 0 bridgehead atoms. The predicted molar refractivity (Wildman–Crippen MR) is 92.6 cm³/mol. The fourth-order valence-corrected chi connectivity index (χ4v) is 3.12. The van der Waals surface area contributed by atoms with E-state index in [1.807, 2.05) is 0 Å². The van der Waals surface area contributed by atoms with Gasteiger partial charge in [0.15, 0.2) is 11.9 Å². The number of aliphatic carboxylic acids is 1. The van der Waals surface area contributed by atoms with Crippen LogP contribution in [0.15, 0.2) is 30.3 Å². The zero-order valence-electron chi connectivity index (χ0n) is 15.1. The second kappa shape index (κ2) is 8.77. The quantitative estimate of drug-likeness (QED) is 0.404. The van der Waals surface area contributed by atoms with E-state index in [2.05, 4.69) is 5.32 Å². The maximum Gasteiger partial charge on any atom is 0.332 e. The first-order valence-corrected chi connectivity index (χ1v) is 8.56. The Morgan fingerprint density at radius 2 is 1.96 bits per heavy atom. The number of amides is 1. The van der Waals surface area contributed by atoms with Crippen LogP contribution in [0.3, 0.4) is 0 Å². The predicted octanol–water partition coefficient (Wildman–Crippen LogP) is -0.967. The summed E-state index contributed by atoms with van der Waals surface area (Å²) >= 11 is 0. The van der Waals surface area contributed by atoms with E-state index >= 15 is 0 Å². The largest absolute Gasteiger partial charge is 0.479 e. The van der Waals surface area contributed by atoms with Crippen LogP contribution in [0.2, 0.25) is 0 Å². The summed E-state index contributed by atoms with van der Waals surface area (Å²) in [5, 5.41) is 42.8. The molecule has 0 aromatic heterocycles. The Bertz CT molecular complexity index is 654. The van der Waals surface area contributed by atoms with Gasteiger partial charge in [0.05, 0.1) is 6.61 Å². The number of rotatable bonds is 7. The minimum Gasteiger partial charge on any atom is -0.479 e. The van der Waals surface area contributed by atoms with Crippen molar-refractivity contribution in [1.82, 2.24) is 5.32 Å². The van der Waals surface area contributed by atoms with Crippen molar-refractivity contribution in [3.63, 3.8) is 0 Å². The van der Waals surface area contributed by atoms with Crippen LogP contribution in [0, 0.1) is 0 Å². The van der Waals surface area contributed by atoms with E-state index in [0.717, 1.165) is 0 Å². The molecule has 27 heavy (non-hydrogen) atoms. The number of hydrogen-bond donors (Lipinski definition) is 5. The van der Waals surface area contributed by atoms with E-state index < -0.39 is 54.7 Å². The first-order valence-electron chi connectivity index (χ1n) is 8.56. The lowest BCUT2D eigenvalue weighted by atomic mass is 9.86. The van der Waals surface area contributed by atoms with E-state index in [0.29, 0.717) is 5.56 Å². The molecule has 0 saturated carbocycles. The second-order valence-corrected chi connectivity index (χ2v) is 6.60. The van der Waals surface area contributed by atoms with Gasteiger partial charge in [-0.2, -0.15) is 0 Å². The van der Waals surface area contributed by atoms with Gasteiger partial charge in [-0.25, -0.2) is 4.79 Å². The molecule has 1 unspecified atom stereocenters. The van der Waals surface area contributed by atoms with E-state index in [1.54, 1.807) is 30.3 Å². The Hall–Kier alpha value is -2.04.